The number of ketones is 1. The summed E-state index contributed by atoms with van der Waals surface area (Å²) in [6, 6.07) is 9.06. The van der Waals surface area contributed by atoms with Crippen molar-refractivity contribution in [3.63, 3.8) is 0 Å². The zero-order chi connectivity index (χ0) is 12.8. The van der Waals surface area contributed by atoms with Crippen LogP contribution in [0.5, 0.6) is 0 Å². The van der Waals surface area contributed by atoms with Crippen LogP contribution in [0.3, 0.4) is 0 Å². The van der Waals surface area contributed by atoms with Crippen LogP contribution < -0.4 is 5.32 Å². The van der Waals surface area contributed by atoms with Crippen LogP contribution in [0.2, 0.25) is 0 Å². The van der Waals surface area contributed by atoms with E-state index in [1.54, 1.807) is 12.1 Å². The predicted octanol–water partition coefficient (Wildman–Crippen LogP) is 2.57. The fourth-order valence-electron chi connectivity index (χ4n) is 2.45. The molecule has 0 radical (unpaired) electrons. The van der Waals surface area contributed by atoms with Crippen molar-refractivity contribution in [3.05, 3.63) is 35.9 Å². The van der Waals surface area contributed by atoms with Crippen LogP contribution in [-0.2, 0) is 4.79 Å². The van der Waals surface area contributed by atoms with Gasteiger partial charge < -0.3 is 5.32 Å². The van der Waals surface area contributed by atoms with Crippen molar-refractivity contribution in [3.8, 4) is 0 Å². The molecule has 2 rings (SSSR count). The number of hydrogen-bond acceptors (Lipinski definition) is 2. The summed E-state index contributed by atoms with van der Waals surface area (Å²) in [5.74, 6) is 0.499. The van der Waals surface area contributed by atoms with E-state index >= 15 is 0 Å². The van der Waals surface area contributed by atoms with E-state index in [0.29, 0.717) is 17.9 Å². The van der Waals surface area contributed by atoms with Gasteiger partial charge in [0, 0.05) is 12.0 Å². The van der Waals surface area contributed by atoms with Crippen LogP contribution in [0.15, 0.2) is 30.3 Å². The van der Waals surface area contributed by atoms with E-state index in [1.807, 2.05) is 18.2 Å². The highest BCUT2D eigenvalue weighted by molar-refractivity contribution is 5.99. The molecule has 1 saturated carbocycles. The van der Waals surface area contributed by atoms with Gasteiger partial charge in [-0.3, -0.25) is 9.59 Å². The Hall–Kier alpha value is -1.64. The lowest BCUT2D eigenvalue weighted by atomic mass is 10.0. The van der Waals surface area contributed by atoms with Gasteiger partial charge >= 0.3 is 0 Å². The molecule has 1 aliphatic carbocycles. The molecule has 1 amide bonds. The standard InChI is InChI=1S/C15H19NO2/c17-14(13-8-2-1-3-9-13)11-16-15(18)10-12-6-4-5-7-12/h1-3,8-9,12H,4-7,10-11H2,(H,16,18). The average Bonchev–Trinajstić information content (AvgIpc) is 2.90. The molecule has 0 bridgehead atoms. The van der Waals surface area contributed by atoms with E-state index in [2.05, 4.69) is 5.32 Å². The van der Waals surface area contributed by atoms with Crippen LogP contribution in [-0.4, -0.2) is 18.2 Å². The number of carbonyl (C=O) groups is 2. The zero-order valence-corrected chi connectivity index (χ0v) is 10.5. The zero-order valence-electron chi connectivity index (χ0n) is 10.5. The number of carbonyl (C=O) groups excluding carboxylic acids is 2. The summed E-state index contributed by atoms with van der Waals surface area (Å²) in [5, 5.41) is 2.72. The lowest BCUT2D eigenvalue weighted by Gasteiger charge is -2.09. The Morgan fingerprint density at radius 3 is 2.44 bits per heavy atom. The highest BCUT2D eigenvalue weighted by atomic mass is 16.2. The van der Waals surface area contributed by atoms with Crippen LogP contribution >= 0.6 is 0 Å². The number of benzene rings is 1. The van der Waals surface area contributed by atoms with Crippen molar-refractivity contribution < 1.29 is 9.59 Å². The maximum absolute atomic E-state index is 11.8. The molecule has 0 unspecified atom stereocenters. The number of amides is 1. The molecule has 1 aliphatic rings. The smallest absolute Gasteiger partial charge is 0.220 e. The molecule has 1 fully saturated rings. The van der Waals surface area contributed by atoms with E-state index in [4.69, 9.17) is 0 Å². The molecule has 96 valence electrons. The van der Waals surface area contributed by atoms with Crippen molar-refractivity contribution in [2.75, 3.05) is 6.54 Å². The SMILES string of the molecule is O=C(CC1CCCC1)NCC(=O)c1ccccc1. The summed E-state index contributed by atoms with van der Waals surface area (Å²) in [6.07, 6.45) is 5.35. The van der Waals surface area contributed by atoms with Gasteiger partial charge in [0.15, 0.2) is 5.78 Å². The normalized spacial score (nSPS) is 15.6. The Bertz CT molecular complexity index is 408. The molecule has 0 heterocycles. The van der Waals surface area contributed by atoms with Gasteiger partial charge in [0.05, 0.1) is 6.54 Å². The minimum absolute atomic E-state index is 0.00572. The van der Waals surface area contributed by atoms with E-state index in [9.17, 15) is 9.59 Å². The molecule has 0 spiro atoms. The monoisotopic (exact) mass is 245 g/mol. The molecule has 3 nitrogen and oxygen atoms in total. The Labute approximate surface area is 108 Å². The van der Waals surface area contributed by atoms with Crippen molar-refractivity contribution in [2.45, 2.75) is 32.1 Å². The van der Waals surface area contributed by atoms with Crippen molar-refractivity contribution >= 4 is 11.7 Å². The van der Waals surface area contributed by atoms with Crippen molar-refractivity contribution in [1.82, 2.24) is 5.32 Å². The first kappa shape index (κ1) is 12.8. The summed E-state index contributed by atoms with van der Waals surface area (Å²) in [6.45, 7) is 0.107. The van der Waals surface area contributed by atoms with Crippen molar-refractivity contribution in [2.24, 2.45) is 5.92 Å². The Morgan fingerprint density at radius 1 is 1.11 bits per heavy atom. The van der Waals surface area contributed by atoms with Crippen molar-refractivity contribution in [1.29, 1.82) is 0 Å². The second-order valence-electron chi connectivity index (χ2n) is 4.92. The predicted molar refractivity (Wildman–Crippen MR) is 70.4 cm³/mol. The molecule has 0 aromatic heterocycles. The van der Waals surface area contributed by atoms with Gasteiger partial charge in [0.25, 0.3) is 0 Å². The molecule has 0 saturated heterocycles. The van der Waals surface area contributed by atoms with Crippen LogP contribution in [0, 0.1) is 5.92 Å². The van der Waals surface area contributed by atoms with Gasteiger partial charge in [0.2, 0.25) is 5.91 Å². The summed E-state index contributed by atoms with van der Waals surface area (Å²) >= 11 is 0. The van der Waals surface area contributed by atoms with E-state index in [-0.39, 0.29) is 18.2 Å². The second-order valence-corrected chi connectivity index (χ2v) is 4.92. The van der Waals surface area contributed by atoms with Gasteiger partial charge in [-0.05, 0) is 18.8 Å². The van der Waals surface area contributed by atoms with Gasteiger partial charge in [-0.15, -0.1) is 0 Å². The van der Waals surface area contributed by atoms with E-state index in [0.717, 1.165) is 12.8 Å². The third kappa shape index (κ3) is 3.69. The topological polar surface area (TPSA) is 46.2 Å². The number of hydrogen-bond donors (Lipinski definition) is 1. The van der Waals surface area contributed by atoms with Crippen LogP contribution in [0.1, 0.15) is 42.5 Å². The van der Waals surface area contributed by atoms with Crippen LogP contribution in [0.25, 0.3) is 0 Å². The molecule has 0 atom stereocenters. The minimum Gasteiger partial charge on any atom is -0.349 e. The summed E-state index contributed by atoms with van der Waals surface area (Å²) < 4.78 is 0. The highest BCUT2D eigenvalue weighted by Gasteiger charge is 2.18. The molecular weight excluding hydrogens is 226 g/mol. The first-order chi connectivity index (χ1) is 8.75. The Morgan fingerprint density at radius 2 is 1.78 bits per heavy atom. The quantitative estimate of drug-likeness (QED) is 0.810. The average molecular weight is 245 g/mol. The molecule has 1 aromatic carbocycles. The summed E-state index contributed by atoms with van der Waals surface area (Å²) in [7, 11) is 0. The third-order valence-corrected chi connectivity index (χ3v) is 3.49. The first-order valence-electron chi connectivity index (χ1n) is 6.60. The molecule has 18 heavy (non-hydrogen) atoms. The maximum Gasteiger partial charge on any atom is 0.220 e. The largest absolute Gasteiger partial charge is 0.349 e. The lowest BCUT2D eigenvalue weighted by molar-refractivity contribution is -0.121. The van der Waals surface area contributed by atoms with Gasteiger partial charge in [0.1, 0.15) is 0 Å². The minimum atomic E-state index is -0.0321. The van der Waals surface area contributed by atoms with Gasteiger partial charge in [-0.2, -0.15) is 0 Å². The van der Waals surface area contributed by atoms with E-state index < -0.39 is 0 Å². The number of Topliss-reactive ketones (excluding diaryl/α,β-unsaturated/α-hetero) is 1. The van der Waals surface area contributed by atoms with E-state index in [1.165, 1.54) is 12.8 Å². The van der Waals surface area contributed by atoms with Gasteiger partial charge in [-0.1, -0.05) is 43.2 Å². The molecule has 1 aromatic rings. The van der Waals surface area contributed by atoms with Gasteiger partial charge in [-0.25, -0.2) is 0 Å². The molecule has 1 N–H and O–H groups in total. The number of nitrogens with one attached hydrogen (secondary N) is 1. The van der Waals surface area contributed by atoms with Crippen LogP contribution in [0.4, 0.5) is 0 Å². The maximum atomic E-state index is 11.8. The summed E-state index contributed by atoms with van der Waals surface area (Å²) in [4.78, 5) is 23.4. The fourth-order valence-corrected chi connectivity index (χ4v) is 2.45. The Kier molecular flexibility index (Phi) is 4.51. The second kappa shape index (κ2) is 6.34. The Balaban J connectivity index is 1.74. The summed E-state index contributed by atoms with van der Waals surface area (Å²) in [5.41, 5.74) is 0.652. The molecular formula is C15H19NO2. The fraction of sp³-hybridized carbons (Fsp3) is 0.467. The number of rotatable bonds is 5. The third-order valence-electron chi connectivity index (χ3n) is 3.49. The molecule has 3 heteroatoms. The lowest BCUT2D eigenvalue weighted by Crippen LogP contribution is -2.30. The molecule has 0 aliphatic heterocycles. The first-order valence-corrected chi connectivity index (χ1v) is 6.60. The highest BCUT2D eigenvalue weighted by Crippen LogP contribution is 2.27.